The van der Waals surface area contributed by atoms with Crippen molar-refractivity contribution in [1.82, 2.24) is 19.5 Å². The monoisotopic (exact) mass is 216 g/mol. The Kier molecular flexibility index (Phi) is 2.09. The van der Waals surface area contributed by atoms with Gasteiger partial charge in [0.25, 0.3) is 5.91 Å². The number of aromatic nitrogens is 3. The largest absolute Gasteiger partial charge is 0.337 e. The molecule has 0 saturated carbocycles. The standard InChI is InChI=1S/C11H12N4O/c16-11(14-7-1-2-8-14)9-3-5-12-10-4-6-13-15(9)10/h3-6H,1-2,7-8H2. The van der Waals surface area contributed by atoms with Crippen LogP contribution in [0.15, 0.2) is 24.5 Å². The van der Waals surface area contributed by atoms with Gasteiger partial charge in [-0.15, -0.1) is 0 Å². The van der Waals surface area contributed by atoms with Crippen LogP contribution in [0.25, 0.3) is 5.65 Å². The Morgan fingerprint density at radius 1 is 1.19 bits per heavy atom. The molecule has 0 unspecified atom stereocenters. The first-order chi connectivity index (χ1) is 7.86. The van der Waals surface area contributed by atoms with Crippen LogP contribution in [0.5, 0.6) is 0 Å². The summed E-state index contributed by atoms with van der Waals surface area (Å²) in [6.07, 6.45) is 5.50. The number of hydrogen-bond acceptors (Lipinski definition) is 3. The number of carbonyl (C=O) groups excluding carboxylic acids is 1. The zero-order valence-corrected chi connectivity index (χ0v) is 8.83. The van der Waals surface area contributed by atoms with E-state index in [0.29, 0.717) is 11.3 Å². The maximum absolute atomic E-state index is 12.2. The van der Waals surface area contributed by atoms with E-state index in [0.717, 1.165) is 25.9 Å². The molecule has 0 aliphatic carbocycles. The Labute approximate surface area is 92.7 Å². The molecule has 0 spiro atoms. The van der Waals surface area contributed by atoms with Gasteiger partial charge in [-0.25, -0.2) is 9.50 Å². The zero-order valence-electron chi connectivity index (χ0n) is 8.83. The number of hydrogen-bond donors (Lipinski definition) is 0. The van der Waals surface area contributed by atoms with Gasteiger partial charge in [-0.1, -0.05) is 0 Å². The van der Waals surface area contributed by atoms with Crippen molar-refractivity contribution in [3.8, 4) is 0 Å². The predicted octanol–water partition coefficient (Wildman–Crippen LogP) is 0.965. The van der Waals surface area contributed by atoms with Crippen molar-refractivity contribution in [1.29, 1.82) is 0 Å². The highest BCUT2D eigenvalue weighted by Gasteiger charge is 2.21. The molecule has 0 atom stereocenters. The molecule has 0 radical (unpaired) electrons. The second kappa shape index (κ2) is 3.59. The van der Waals surface area contributed by atoms with E-state index >= 15 is 0 Å². The lowest BCUT2D eigenvalue weighted by Gasteiger charge is -2.15. The predicted molar refractivity (Wildman–Crippen MR) is 58.1 cm³/mol. The Morgan fingerprint density at radius 2 is 2.00 bits per heavy atom. The summed E-state index contributed by atoms with van der Waals surface area (Å²) in [7, 11) is 0. The van der Waals surface area contributed by atoms with Crippen LogP contribution in [-0.4, -0.2) is 38.5 Å². The second-order valence-electron chi connectivity index (χ2n) is 3.93. The SMILES string of the molecule is O=C(c1ccnc2ccnn12)N1CCCC1. The normalized spacial score (nSPS) is 15.9. The third-order valence-corrected chi connectivity index (χ3v) is 2.90. The fourth-order valence-electron chi connectivity index (χ4n) is 2.08. The Hall–Kier alpha value is -1.91. The van der Waals surface area contributed by atoms with E-state index in [9.17, 15) is 4.79 Å². The average molecular weight is 216 g/mol. The molecule has 5 nitrogen and oxygen atoms in total. The Morgan fingerprint density at radius 3 is 2.81 bits per heavy atom. The van der Waals surface area contributed by atoms with Crippen LogP contribution in [0.4, 0.5) is 0 Å². The van der Waals surface area contributed by atoms with E-state index in [-0.39, 0.29) is 5.91 Å². The van der Waals surface area contributed by atoms with E-state index in [1.165, 1.54) is 0 Å². The highest BCUT2D eigenvalue weighted by atomic mass is 16.2. The van der Waals surface area contributed by atoms with Gasteiger partial charge in [0.05, 0.1) is 6.20 Å². The van der Waals surface area contributed by atoms with Crippen molar-refractivity contribution < 1.29 is 4.79 Å². The second-order valence-corrected chi connectivity index (χ2v) is 3.93. The summed E-state index contributed by atoms with van der Waals surface area (Å²) >= 11 is 0. The minimum Gasteiger partial charge on any atom is -0.337 e. The number of amides is 1. The highest BCUT2D eigenvalue weighted by Crippen LogP contribution is 2.13. The summed E-state index contributed by atoms with van der Waals surface area (Å²) < 4.78 is 1.60. The van der Waals surface area contributed by atoms with Crippen LogP contribution in [-0.2, 0) is 0 Å². The lowest BCUT2D eigenvalue weighted by atomic mass is 10.3. The lowest BCUT2D eigenvalue weighted by Crippen LogP contribution is -2.29. The first kappa shape index (κ1) is 9.33. The molecule has 3 rings (SSSR count). The fraction of sp³-hybridized carbons (Fsp3) is 0.364. The van der Waals surface area contributed by atoms with Gasteiger partial charge in [0.15, 0.2) is 5.65 Å². The Bertz CT molecular complexity index is 528. The molecule has 0 bridgehead atoms. The van der Waals surface area contributed by atoms with Crippen molar-refractivity contribution in [3.05, 3.63) is 30.2 Å². The molecular formula is C11H12N4O. The lowest BCUT2D eigenvalue weighted by molar-refractivity contribution is 0.0784. The van der Waals surface area contributed by atoms with Crippen LogP contribution in [0.3, 0.4) is 0 Å². The number of fused-ring (bicyclic) bond motifs is 1. The van der Waals surface area contributed by atoms with E-state index in [1.807, 2.05) is 4.90 Å². The number of rotatable bonds is 1. The molecule has 1 fully saturated rings. The quantitative estimate of drug-likeness (QED) is 0.713. The molecule has 82 valence electrons. The van der Waals surface area contributed by atoms with E-state index in [4.69, 9.17) is 0 Å². The van der Waals surface area contributed by atoms with Crippen LogP contribution in [0.2, 0.25) is 0 Å². The van der Waals surface area contributed by atoms with Gasteiger partial charge >= 0.3 is 0 Å². The number of nitrogens with zero attached hydrogens (tertiary/aromatic N) is 4. The minimum absolute atomic E-state index is 0.0496. The molecule has 1 aliphatic rings. The molecule has 5 heteroatoms. The highest BCUT2D eigenvalue weighted by molar-refractivity contribution is 5.93. The average Bonchev–Trinajstić information content (AvgIpc) is 2.98. The maximum atomic E-state index is 12.2. The van der Waals surface area contributed by atoms with Crippen molar-refractivity contribution in [3.63, 3.8) is 0 Å². The third kappa shape index (κ3) is 1.36. The summed E-state index contributed by atoms with van der Waals surface area (Å²) in [4.78, 5) is 18.2. The molecular weight excluding hydrogens is 204 g/mol. The molecule has 2 aromatic heterocycles. The molecule has 1 saturated heterocycles. The van der Waals surface area contributed by atoms with Crippen LogP contribution in [0, 0.1) is 0 Å². The van der Waals surface area contributed by atoms with Crippen LogP contribution >= 0.6 is 0 Å². The summed E-state index contributed by atoms with van der Waals surface area (Å²) in [5, 5.41) is 4.12. The molecule has 2 aromatic rings. The molecule has 16 heavy (non-hydrogen) atoms. The summed E-state index contributed by atoms with van der Waals surface area (Å²) in [5.41, 5.74) is 1.31. The zero-order chi connectivity index (χ0) is 11.0. The first-order valence-electron chi connectivity index (χ1n) is 5.44. The van der Waals surface area contributed by atoms with E-state index in [2.05, 4.69) is 10.1 Å². The van der Waals surface area contributed by atoms with Gasteiger partial charge in [-0.05, 0) is 18.9 Å². The van der Waals surface area contributed by atoms with Crippen molar-refractivity contribution >= 4 is 11.6 Å². The van der Waals surface area contributed by atoms with Gasteiger partial charge in [-0.3, -0.25) is 4.79 Å². The smallest absolute Gasteiger partial charge is 0.272 e. The van der Waals surface area contributed by atoms with Gasteiger partial charge in [0, 0.05) is 25.4 Å². The maximum Gasteiger partial charge on any atom is 0.272 e. The fourth-order valence-corrected chi connectivity index (χ4v) is 2.08. The molecule has 1 aliphatic heterocycles. The van der Waals surface area contributed by atoms with Crippen LogP contribution < -0.4 is 0 Å². The first-order valence-corrected chi connectivity index (χ1v) is 5.44. The van der Waals surface area contributed by atoms with E-state index < -0.39 is 0 Å². The van der Waals surface area contributed by atoms with Crippen molar-refractivity contribution in [2.24, 2.45) is 0 Å². The molecule has 1 amide bonds. The molecule has 0 aromatic carbocycles. The summed E-state index contributed by atoms with van der Waals surface area (Å²) in [6, 6.07) is 3.52. The summed E-state index contributed by atoms with van der Waals surface area (Å²) in [5.74, 6) is 0.0496. The topological polar surface area (TPSA) is 50.5 Å². The molecule has 3 heterocycles. The van der Waals surface area contributed by atoms with Gasteiger partial charge < -0.3 is 4.90 Å². The molecule has 0 N–H and O–H groups in total. The number of likely N-dealkylation sites (tertiary alicyclic amines) is 1. The van der Waals surface area contributed by atoms with Crippen molar-refractivity contribution in [2.75, 3.05) is 13.1 Å². The van der Waals surface area contributed by atoms with Gasteiger partial charge in [0.2, 0.25) is 0 Å². The number of carbonyl (C=O) groups is 1. The van der Waals surface area contributed by atoms with Gasteiger partial charge in [0.1, 0.15) is 5.69 Å². The van der Waals surface area contributed by atoms with E-state index in [1.54, 1.807) is 29.0 Å². The minimum atomic E-state index is 0.0496. The van der Waals surface area contributed by atoms with Crippen molar-refractivity contribution in [2.45, 2.75) is 12.8 Å². The van der Waals surface area contributed by atoms with Gasteiger partial charge in [-0.2, -0.15) is 5.10 Å². The summed E-state index contributed by atoms with van der Waals surface area (Å²) in [6.45, 7) is 1.70. The third-order valence-electron chi connectivity index (χ3n) is 2.90. The van der Waals surface area contributed by atoms with Crippen LogP contribution in [0.1, 0.15) is 23.3 Å². The Balaban J connectivity index is 2.04.